The predicted molar refractivity (Wildman–Crippen MR) is 58.8 cm³/mol. The highest BCUT2D eigenvalue weighted by Gasteiger charge is 2.45. The summed E-state index contributed by atoms with van der Waals surface area (Å²) in [6.45, 7) is 2.27. The van der Waals surface area contributed by atoms with Crippen LogP contribution in [0.25, 0.3) is 0 Å². The lowest BCUT2D eigenvalue weighted by molar-refractivity contribution is -0.149. The maximum Gasteiger partial charge on any atom is 0.323 e. The second-order valence-electron chi connectivity index (χ2n) is 5.35. The highest BCUT2D eigenvalue weighted by atomic mass is 16.4. The van der Waals surface area contributed by atoms with Crippen molar-refractivity contribution in [1.82, 2.24) is 5.32 Å². The van der Waals surface area contributed by atoms with E-state index < -0.39 is 11.5 Å². The van der Waals surface area contributed by atoms with Gasteiger partial charge in [0.2, 0.25) is 0 Å². The number of carboxylic acids is 1. The molecule has 0 radical (unpaired) electrons. The van der Waals surface area contributed by atoms with Crippen molar-refractivity contribution in [2.45, 2.75) is 63.5 Å². The SMILES string of the molecule is CC1CCCC(NC2(C(=O)O)CCC2)C1. The van der Waals surface area contributed by atoms with Crippen LogP contribution in [0.3, 0.4) is 0 Å². The third-order valence-electron chi connectivity index (χ3n) is 4.03. The molecule has 2 unspecified atom stereocenters. The highest BCUT2D eigenvalue weighted by molar-refractivity contribution is 5.80. The van der Waals surface area contributed by atoms with Crippen molar-refractivity contribution < 1.29 is 9.90 Å². The number of aliphatic carboxylic acids is 1. The number of hydrogen-bond donors (Lipinski definition) is 2. The zero-order valence-corrected chi connectivity index (χ0v) is 9.46. The standard InChI is InChI=1S/C12H21NO2/c1-9-4-2-5-10(8-9)13-12(11(14)15)6-3-7-12/h9-10,13H,2-8H2,1H3,(H,14,15). The molecule has 3 heteroatoms. The zero-order valence-electron chi connectivity index (χ0n) is 9.46. The van der Waals surface area contributed by atoms with Gasteiger partial charge in [-0.1, -0.05) is 19.8 Å². The second kappa shape index (κ2) is 4.12. The molecule has 2 N–H and O–H groups in total. The number of hydrogen-bond acceptors (Lipinski definition) is 2. The molecular weight excluding hydrogens is 190 g/mol. The molecule has 3 nitrogen and oxygen atoms in total. The molecule has 0 aromatic heterocycles. The molecule has 0 bridgehead atoms. The van der Waals surface area contributed by atoms with Crippen LogP contribution in [0, 0.1) is 5.92 Å². The van der Waals surface area contributed by atoms with Crippen LogP contribution in [0.1, 0.15) is 51.9 Å². The fourth-order valence-corrected chi connectivity index (χ4v) is 2.91. The van der Waals surface area contributed by atoms with Gasteiger partial charge in [-0.25, -0.2) is 0 Å². The Morgan fingerprint density at radius 2 is 2.07 bits per heavy atom. The Labute approximate surface area is 91.2 Å². The summed E-state index contributed by atoms with van der Waals surface area (Å²) in [4.78, 5) is 11.2. The first-order valence-electron chi connectivity index (χ1n) is 6.13. The van der Waals surface area contributed by atoms with Gasteiger partial charge in [0.15, 0.2) is 0 Å². The minimum atomic E-state index is -0.646. The van der Waals surface area contributed by atoms with Gasteiger partial charge in [0.1, 0.15) is 5.54 Å². The molecule has 2 fully saturated rings. The van der Waals surface area contributed by atoms with Crippen LogP contribution in [0.15, 0.2) is 0 Å². The summed E-state index contributed by atoms with van der Waals surface area (Å²) >= 11 is 0. The Morgan fingerprint density at radius 1 is 1.33 bits per heavy atom. The first kappa shape index (κ1) is 10.9. The molecule has 15 heavy (non-hydrogen) atoms. The van der Waals surface area contributed by atoms with Crippen LogP contribution >= 0.6 is 0 Å². The van der Waals surface area contributed by atoms with Crippen LogP contribution in [0.5, 0.6) is 0 Å². The van der Waals surface area contributed by atoms with Gasteiger partial charge in [0.05, 0.1) is 0 Å². The van der Waals surface area contributed by atoms with Gasteiger partial charge >= 0.3 is 5.97 Å². The van der Waals surface area contributed by atoms with E-state index in [1.54, 1.807) is 0 Å². The lowest BCUT2D eigenvalue weighted by atomic mass is 9.75. The molecule has 2 aliphatic carbocycles. The molecular formula is C12H21NO2. The van der Waals surface area contributed by atoms with E-state index in [2.05, 4.69) is 12.2 Å². The molecule has 2 aliphatic rings. The number of carbonyl (C=O) groups is 1. The van der Waals surface area contributed by atoms with Crippen molar-refractivity contribution >= 4 is 5.97 Å². The van der Waals surface area contributed by atoms with Crippen LogP contribution in [-0.4, -0.2) is 22.7 Å². The fourth-order valence-electron chi connectivity index (χ4n) is 2.91. The summed E-state index contributed by atoms with van der Waals surface area (Å²) in [5.41, 5.74) is -0.568. The van der Waals surface area contributed by atoms with Crippen LogP contribution < -0.4 is 5.32 Å². The van der Waals surface area contributed by atoms with Crippen LogP contribution in [-0.2, 0) is 4.79 Å². The van der Waals surface area contributed by atoms with E-state index in [0.29, 0.717) is 6.04 Å². The number of nitrogens with one attached hydrogen (secondary N) is 1. The normalized spacial score (nSPS) is 34.5. The summed E-state index contributed by atoms with van der Waals surface area (Å²) in [6.07, 6.45) is 7.53. The topological polar surface area (TPSA) is 49.3 Å². The maximum absolute atomic E-state index is 11.2. The minimum absolute atomic E-state index is 0.435. The van der Waals surface area contributed by atoms with Crippen molar-refractivity contribution in [2.24, 2.45) is 5.92 Å². The Morgan fingerprint density at radius 3 is 2.53 bits per heavy atom. The molecule has 2 atom stereocenters. The smallest absolute Gasteiger partial charge is 0.323 e. The van der Waals surface area contributed by atoms with Gasteiger partial charge in [0.25, 0.3) is 0 Å². The van der Waals surface area contributed by atoms with Crippen molar-refractivity contribution in [3.63, 3.8) is 0 Å². The van der Waals surface area contributed by atoms with E-state index in [1.807, 2.05) is 0 Å². The van der Waals surface area contributed by atoms with Crippen molar-refractivity contribution in [3.8, 4) is 0 Å². The number of carboxylic acid groups (broad SMARTS) is 1. The molecule has 0 amide bonds. The lowest BCUT2D eigenvalue weighted by Gasteiger charge is -2.43. The average molecular weight is 211 g/mol. The molecule has 0 aromatic rings. The Balaban J connectivity index is 1.92. The van der Waals surface area contributed by atoms with Gasteiger partial charge in [0, 0.05) is 6.04 Å². The first-order valence-corrected chi connectivity index (χ1v) is 6.13. The molecule has 2 rings (SSSR count). The first-order chi connectivity index (χ1) is 7.12. The van der Waals surface area contributed by atoms with Crippen molar-refractivity contribution in [1.29, 1.82) is 0 Å². The Hall–Kier alpha value is -0.570. The van der Waals surface area contributed by atoms with Gasteiger partial charge in [-0.2, -0.15) is 0 Å². The van der Waals surface area contributed by atoms with E-state index in [-0.39, 0.29) is 0 Å². The van der Waals surface area contributed by atoms with Crippen molar-refractivity contribution in [2.75, 3.05) is 0 Å². The van der Waals surface area contributed by atoms with E-state index in [9.17, 15) is 9.90 Å². The predicted octanol–water partition coefficient (Wildman–Crippen LogP) is 2.16. The van der Waals surface area contributed by atoms with Crippen LogP contribution in [0.2, 0.25) is 0 Å². The molecule has 2 saturated carbocycles. The van der Waals surface area contributed by atoms with Gasteiger partial charge in [-0.15, -0.1) is 0 Å². The van der Waals surface area contributed by atoms with Gasteiger partial charge in [-0.05, 0) is 38.0 Å². The minimum Gasteiger partial charge on any atom is -0.480 e. The monoisotopic (exact) mass is 211 g/mol. The lowest BCUT2D eigenvalue weighted by Crippen LogP contribution is -2.60. The molecule has 0 saturated heterocycles. The number of rotatable bonds is 3. The zero-order chi connectivity index (χ0) is 10.9. The van der Waals surface area contributed by atoms with Gasteiger partial charge in [-0.3, -0.25) is 10.1 Å². The molecule has 0 aromatic carbocycles. The van der Waals surface area contributed by atoms with E-state index >= 15 is 0 Å². The molecule has 0 aliphatic heterocycles. The van der Waals surface area contributed by atoms with Gasteiger partial charge < -0.3 is 5.11 Å². The summed E-state index contributed by atoms with van der Waals surface area (Å²) in [5, 5.41) is 12.6. The summed E-state index contributed by atoms with van der Waals surface area (Å²) in [7, 11) is 0. The average Bonchev–Trinajstić information content (AvgIpc) is 2.11. The molecule has 86 valence electrons. The van der Waals surface area contributed by atoms with E-state index in [0.717, 1.165) is 38.0 Å². The maximum atomic E-state index is 11.2. The van der Waals surface area contributed by atoms with E-state index in [1.165, 1.54) is 12.8 Å². The fraction of sp³-hybridized carbons (Fsp3) is 0.917. The second-order valence-corrected chi connectivity index (χ2v) is 5.35. The summed E-state index contributed by atoms with van der Waals surface area (Å²) in [6, 6.07) is 0.435. The molecule has 0 heterocycles. The van der Waals surface area contributed by atoms with E-state index in [4.69, 9.17) is 0 Å². The van der Waals surface area contributed by atoms with Crippen LogP contribution in [0.4, 0.5) is 0 Å². The summed E-state index contributed by atoms with van der Waals surface area (Å²) in [5.74, 6) is 0.106. The third-order valence-corrected chi connectivity index (χ3v) is 4.03. The van der Waals surface area contributed by atoms with Crippen molar-refractivity contribution in [3.05, 3.63) is 0 Å². The third kappa shape index (κ3) is 2.17. The Kier molecular flexibility index (Phi) is 3.01. The largest absolute Gasteiger partial charge is 0.480 e. The highest BCUT2D eigenvalue weighted by Crippen LogP contribution is 2.35. The molecule has 0 spiro atoms. The Bertz CT molecular complexity index is 248. The summed E-state index contributed by atoms with van der Waals surface area (Å²) < 4.78 is 0. The quantitative estimate of drug-likeness (QED) is 0.752.